The van der Waals surface area contributed by atoms with E-state index < -0.39 is 17.9 Å². The molecule has 3 nitrogen and oxygen atoms in total. The molecule has 6 heteroatoms. The molecular weight excluding hydrogens is 221 g/mol. The third kappa shape index (κ3) is 1.90. The minimum atomic E-state index is -4.43. The second kappa shape index (κ2) is 3.71. The van der Waals surface area contributed by atoms with Gasteiger partial charge in [-0.25, -0.2) is 0 Å². The van der Waals surface area contributed by atoms with E-state index in [0.29, 0.717) is 17.7 Å². The molecule has 0 aromatic carbocycles. The molecule has 1 aliphatic rings. The topological polar surface area (TPSA) is 48.1 Å². The van der Waals surface area contributed by atoms with Crippen molar-refractivity contribution in [3.63, 3.8) is 0 Å². The Kier molecular flexibility index (Phi) is 2.63. The first-order chi connectivity index (χ1) is 7.39. The van der Waals surface area contributed by atoms with Crippen LogP contribution in [0.3, 0.4) is 0 Å². The number of hydrogen-bond donors (Lipinski definition) is 1. The highest BCUT2D eigenvalue weighted by atomic mass is 19.4. The lowest BCUT2D eigenvalue weighted by Gasteiger charge is -2.28. The molecule has 1 aromatic rings. The molecule has 0 bridgehead atoms. The maximum Gasteiger partial charge on any atom is 0.433 e. The van der Waals surface area contributed by atoms with E-state index in [1.807, 2.05) is 0 Å². The fourth-order valence-electron chi connectivity index (χ4n) is 1.73. The zero-order valence-corrected chi connectivity index (χ0v) is 8.58. The molecule has 2 unspecified atom stereocenters. The van der Waals surface area contributed by atoms with E-state index in [9.17, 15) is 13.2 Å². The van der Waals surface area contributed by atoms with Crippen molar-refractivity contribution in [2.75, 3.05) is 6.61 Å². The minimum absolute atomic E-state index is 0.307. The van der Waals surface area contributed by atoms with Gasteiger partial charge in [0.25, 0.3) is 0 Å². The Balaban J connectivity index is 2.48. The number of halogens is 3. The van der Waals surface area contributed by atoms with E-state index in [1.54, 1.807) is 6.92 Å². The Labute approximate surface area is 90.4 Å². The summed E-state index contributed by atoms with van der Waals surface area (Å²) in [6, 6.07) is 0.611. The highest BCUT2D eigenvalue weighted by molar-refractivity contribution is 5.33. The summed E-state index contributed by atoms with van der Waals surface area (Å²) in [4.78, 5) is 3.39. The predicted octanol–water partition coefficient (Wildman–Crippen LogP) is 2.19. The standard InChI is InChI=1S/C10H11F3N2O/c1-5-6-2-9(10(11,12)13)15-3-7(6)8(14)4-16-5/h2-3,5,8H,4,14H2,1H3. The summed E-state index contributed by atoms with van der Waals surface area (Å²) in [7, 11) is 0. The Morgan fingerprint density at radius 1 is 1.44 bits per heavy atom. The van der Waals surface area contributed by atoms with Gasteiger partial charge in [-0.05, 0) is 24.1 Å². The summed E-state index contributed by atoms with van der Waals surface area (Å²) in [6.45, 7) is 2.01. The maximum absolute atomic E-state index is 12.4. The normalized spacial score (nSPS) is 25.3. The fourth-order valence-corrected chi connectivity index (χ4v) is 1.73. The first-order valence-electron chi connectivity index (χ1n) is 4.84. The molecule has 0 fully saturated rings. The lowest BCUT2D eigenvalue weighted by atomic mass is 9.96. The van der Waals surface area contributed by atoms with Gasteiger partial charge in [-0.15, -0.1) is 0 Å². The van der Waals surface area contributed by atoms with Crippen molar-refractivity contribution >= 4 is 0 Å². The molecule has 88 valence electrons. The van der Waals surface area contributed by atoms with Crippen molar-refractivity contribution in [2.24, 2.45) is 5.73 Å². The minimum Gasteiger partial charge on any atom is -0.372 e. The van der Waals surface area contributed by atoms with Crippen LogP contribution in [-0.4, -0.2) is 11.6 Å². The molecule has 1 aromatic heterocycles. The number of alkyl halides is 3. The second-order valence-corrected chi connectivity index (χ2v) is 3.78. The molecule has 0 amide bonds. The lowest BCUT2D eigenvalue weighted by Crippen LogP contribution is -2.26. The van der Waals surface area contributed by atoms with Gasteiger partial charge in [0.1, 0.15) is 5.69 Å². The summed E-state index contributed by atoms with van der Waals surface area (Å²) in [5.74, 6) is 0. The number of nitrogens with zero attached hydrogens (tertiary/aromatic N) is 1. The van der Waals surface area contributed by atoms with Gasteiger partial charge in [-0.1, -0.05) is 0 Å². The van der Waals surface area contributed by atoms with Crippen LogP contribution in [0.15, 0.2) is 12.3 Å². The molecule has 16 heavy (non-hydrogen) atoms. The summed E-state index contributed by atoms with van der Waals surface area (Å²) in [5, 5.41) is 0. The maximum atomic E-state index is 12.4. The lowest BCUT2D eigenvalue weighted by molar-refractivity contribution is -0.141. The molecule has 0 radical (unpaired) electrons. The van der Waals surface area contributed by atoms with Crippen LogP contribution in [0, 0.1) is 0 Å². The second-order valence-electron chi connectivity index (χ2n) is 3.78. The van der Waals surface area contributed by atoms with Crippen LogP contribution < -0.4 is 5.73 Å². The van der Waals surface area contributed by atoms with Crippen LogP contribution >= 0.6 is 0 Å². The summed E-state index contributed by atoms with van der Waals surface area (Å²) in [6.07, 6.45) is -3.61. The van der Waals surface area contributed by atoms with Crippen molar-refractivity contribution in [1.29, 1.82) is 0 Å². The third-order valence-electron chi connectivity index (χ3n) is 2.62. The van der Waals surface area contributed by atoms with E-state index in [-0.39, 0.29) is 6.10 Å². The van der Waals surface area contributed by atoms with Crippen LogP contribution in [0.1, 0.15) is 35.9 Å². The number of rotatable bonds is 0. The van der Waals surface area contributed by atoms with Gasteiger partial charge in [-0.2, -0.15) is 13.2 Å². The average molecular weight is 232 g/mol. The molecular formula is C10H11F3N2O. The van der Waals surface area contributed by atoms with Gasteiger partial charge in [-0.3, -0.25) is 4.98 Å². The van der Waals surface area contributed by atoms with Gasteiger partial charge in [0.15, 0.2) is 0 Å². The third-order valence-corrected chi connectivity index (χ3v) is 2.62. The van der Waals surface area contributed by atoms with Crippen LogP contribution in [0.5, 0.6) is 0 Å². The number of ether oxygens (including phenoxy) is 1. The molecule has 0 spiro atoms. The molecule has 1 aliphatic heterocycles. The number of nitrogens with two attached hydrogens (primary N) is 1. The zero-order valence-electron chi connectivity index (χ0n) is 8.58. The monoisotopic (exact) mass is 232 g/mol. The Morgan fingerprint density at radius 2 is 2.12 bits per heavy atom. The molecule has 0 saturated heterocycles. The largest absolute Gasteiger partial charge is 0.433 e. The van der Waals surface area contributed by atoms with E-state index in [1.165, 1.54) is 6.20 Å². The zero-order chi connectivity index (χ0) is 11.9. The van der Waals surface area contributed by atoms with Crippen LogP contribution in [0.25, 0.3) is 0 Å². The number of pyridine rings is 1. The van der Waals surface area contributed by atoms with Gasteiger partial charge in [0.2, 0.25) is 0 Å². The Hall–Kier alpha value is -1.14. The first kappa shape index (κ1) is 11.3. The highest BCUT2D eigenvalue weighted by Crippen LogP contribution is 2.35. The van der Waals surface area contributed by atoms with Crippen molar-refractivity contribution in [2.45, 2.75) is 25.2 Å². The van der Waals surface area contributed by atoms with Gasteiger partial charge in [0.05, 0.1) is 18.8 Å². The molecule has 2 rings (SSSR count). The van der Waals surface area contributed by atoms with Crippen LogP contribution in [0.4, 0.5) is 13.2 Å². The van der Waals surface area contributed by atoms with Crippen molar-refractivity contribution in [3.8, 4) is 0 Å². The average Bonchev–Trinajstić information content (AvgIpc) is 2.22. The fraction of sp³-hybridized carbons (Fsp3) is 0.500. The molecule has 2 N–H and O–H groups in total. The summed E-state index contributed by atoms with van der Waals surface area (Å²) in [5.41, 5.74) is 5.92. The molecule has 0 aliphatic carbocycles. The molecule has 0 saturated carbocycles. The van der Waals surface area contributed by atoms with Gasteiger partial charge >= 0.3 is 6.18 Å². The van der Waals surface area contributed by atoms with E-state index in [4.69, 9.17) is 10.5 Å². The Bertz CT molecular complexity index is 406. The summed E-state index contributed by atoms with van der Waals surface area (Å²) < 4.78 is 42.6. The van der Waals surface area contributed by atoms with E-state index in [0.717, 1.165) is 6.07 Å². The highest BCUT2D eigenvalue weighted by Gasteiger charge is 2.34. The number of fused-ring (bicyclic) bond motifs is 1. The quantitative estimate of drug-likeness (QED) is 0.745. The van der Waals surface area contributed by atoms with Crippen molar-refractivity contribution in [3.05, 3.63) is 29.1 Å². The summed E-state index contributed by atoms with van der Waals surface area (Å²) >= 11 is 0. The smallest absolute Gasteiger partial charge is 0.372 e. The Morgan fingerprint density at radius 3 is 2.75 bits per heavy atom. The van der Waals surface area contributed by atoms with E-state index in [2.05, 4.69) is 4.98 Å². The molecule has 2 heterocycles. The SMILES string of the molecule is CC1OCC(N)c2cnc(C(F)(F)F)cc21. The number of hydrogen-bond acceptors (Lipinski definition) is 3. The van der Waals surface area contributed by atoms with Crippen molar-refractivity contribution in [1.82, 2.24) is 4.98 Å². The van der Waals surface area contributed by atoms with Crippen molar-refractivity contribution < 1.29 is 17.9 Å². The predicted molar refractivity (Wildman–Crippen MR) is 50.5 cm³/mol. The van der Waals surface area contributed by atoms with E-state index >= 15 is 0 Å². The van der Waals surface area contributed by atoms with Crippen LogP contribution in [0.2, 0.25) is 0 Å². The van der Waals surface area contributed by atoms with Gasteiger partial charge < -0.3 is 10.5 Å². The molecule has 2 atom stereocenters. The van der Waals surface area contributed by atoms with Crippen LogP contribution in [-0.2, 0) is 10.9 Å². The number of aromatic nitrogens is 1. The first-order valence-corrected chi connectivity index (χ1v) is 4.84. The van der Waals surface area contributed by atoms with Gasteiger partial charge in [0, 0.05) is 6.20 Å².